The fourth-order valence-corrected chi connectivity index (χ4v) is 3.40. The van der Waals surface area contributed by atoms with Crippen molar-refractivity contribution in [3.8, 4) is 0 Å². The molecule has 1 unspecified atom stereocenters. The third kappa shape index (κ3) is 2.65. The number of aryl methyl sites for hydroxylation is 1. The maximum absolute atomic E-state index is 4.68. The SMILES string of the molecule is CC1=C2CCCCCCC2C(c2ccc(C)cc2)=NN1. The second-order valence-electron chi connectivity index (χ2n) is 6.13. The van der Waals surface area contributed by atoms with Gasteiger partial charge >= 0.3 is 0 Å². The number of nitrogens with one attached hydrogen (secondary N) is 1. The summed E-state index contributed by atoms with van der Waals surface area (Å²) < 4.78 is 0. The third-order valence-corrected chi connectivity index (χ3v) is 4.61. The molecule has 0 spiro atoms. The molecule has 106 valence electrons. The number of rotatable bonds is 1. The van der Waals surface area contributed by atoms with Crippen molar-refractivity contribution >= 4 is 5.71 Å². The Morgan fingerprint density at radius 3 is 2.55 bits per heavy atom. The van der Waals surface area contributed by atoms with Gasteiger partial charge in [0.2, 0.25) is 0 Å². The summed E-state index contributed by atoms with van der Waals surface area (Å²) in [5, 5.41) is 4.68. The van der Waals surface area contributed by atoms with Crippen LogP contribution in [0.4, 0.5) is 0 Å². The van der Waals surface area contributed by atoms with Gasteiger partial charge in [0.1, 0.15) is 0 Å². The highest BCUT2D eigenvalue weighted by Gasteiger charge is 2.27. The van der Waals surface area contributed by atoms with Gasteiger partial charge in [-0.3, -0.25) is 5.43 Å². The molecule has 1 atom stereocenters. The Morgan fingerprint density at radius 1 is 1.00 bits per heavy atom. The van der Waals surface area contributed by atoms with Gasteiger partial charge in [-0.25, -0.2) is 0 Å². The molecule has 20 heavy (non-hydrogen) atoms. The molecular weight excluding hydrogens is 244 g/mol. The molecule has 0 amide bonds. The lowest BCUT2D eigenvalue weighted by molar-refractivity contribution is 0.511. The Morgan fingerprint density at radius 2 is 1.75 bits per heavy atom. The number of hydrogen-bond donors (Lipinski definition) is 1. The van der Waals surface area contributed by atoms with Crippen molar-refractivity contribution in [2.24, 2.45) is 11.0 Å². The summed E-state index contributed by atoms with van der Waals surface area (Å²) in [7, 11) is 0. The number of fused-ring (bicyclic) bond motifs is 1. The van der Waals surface area contributed by atoms with Crippen molar-refractivity contribution in [2.45, 2.75) is 52.4 Å². The highest BCUT2D eigenvalue weighted by molar-refractivity contribution is 6.04. The zero-order chi connectivity index (χ0) is 13.9. The van der Waals surface area contributed by atoms with Gasteiger partial charge in [-0.15, -0.1) is 0 Å². The average Bonchev–Trinajstić information content (AvgIpc) is 2.41. The maximum atomic E-state index is 4.68. The predicted molar refractivity (Wildman–Crippen MR) is 84.7 cm³/mol. The van der Waals surface area contributed by atoms with Crippen molar-refractivity contribution in [1.82, 2.24) is 5.43 Å². The summed E-state index contributed by atoms with van der Waals surface area (Å²) in [6, 6.07) is 8.80. The molecule has 0 saturated heterocycles. The van der Waals surface area contributed by atoms with Crippen LogP contribution in [0.3, 0.4) is 0 Å². The summed E-state index contributed by atoms with van der Waals surface area (Å²) in [6.45, 7) is 4.31. The van der Waals surface area contributed by atoms with Crippen LogP contribution in [0, 0.1) is 12.8 Å². The number of nitrogens with zero attached hydrogens (tertiary/aromatic N) is 1. The molecule has 0 bridgehead atoms. The molecule has 1 N–H and O–H groups in total. The van der Waals surface area contributed by atoms with Crippen LogP contribution in [0.2, 0.25) is 0 Å². The van der Waals surface area contributed by atoms with Crippen LogP contribution in [0.25, 0.3) is 0 Å². The quantitative estimate of drug-likeness (QED) is 0.794. The highest BCUT2D eigenvalue weighted by atomic mass is 15.3. The largest absolute Gasteiger partial charge is 0.283 e. The standard InChI is InChI=1S/C18H24N2/c1-13-9-11-15(12-10-13)18-17-8-6-4-3-5-7-16(17)14(2)19-20-18/h9-12,17,19H,3-8H2,1-2H3. The van der Waals surface area contributed by atoms with Crippen molar-refractivity contribution < 1.29 is 0 Å². The summed E-state index contributed by atoms with van der Waals surface area (Å²) >= 11 is 0. The first-order valence-electron chi connectivity index (χ1n) is 7.86. The first-order chi connectivity index (χ1) is 9.75. The van der Waals surface area contributed by atoms with Crippen LogP contribution in [0.1, 0.15) is 56.6 Å². The number of benzene rings is 1. The molecular formula is C18H24N2. The fourth-order valence-electron chi connectivity index (χ4n) is 3.40. The minimum Gasteiger partial charge on any atom is -0.283 e. The first kappa shape index (κ1) is 13.4. The van der Waals surface area contributed by atoms with Crippen molar-refractivity contribution in [1.29, 1.82) is 0 Å². The average molecular weight is 268 g/mol. The molecule has 0 aromatic heterocycles. The molecule has 3 rings (SSSR count). The van der Waals surface area contributed by atoms with Gasteiger partial charge in [-0.1, -0.05) is 49.1 Å². The van der Waals surface area contributed by atoms with Gasteiger partial charge in [0.25, 0.3) is 0 Å². The van der Waals surface area contributed by atoms with Gasteiger partial charge < -0.3 is 0 Å². The number of hydrogen-bond acceptors (Lipinski definition) is 2. The summed E-state index contributed by atoms with van der Waals surface area (Å²) in [5.74, 6) is 0.527. The van der Waals surface area contributed by atoms with Gasteiger partial charge in [0.05, 0.1) is 5.71 Å². The lowest BCUT2D eigenvalue weighted by Crippen LogP contribution is -2.29. The maximum Gasteiger partial charge on any atom is 0.0751 e. The van der Waals surface area contributed by atoms with E-state index >= 15 is 0 Å². The lowest BCUT2D eigenvalue weighted by Gasteiger charge is -2.30. The minimum atomic E-state index is 0.527. The van der Waals surface area contributed by atoms with E-state index in [1.54, 1.807) is 5.57 Å². The van der Waals surface area contributed by atoms with Crippen LogP contribution in [0.15, 0.2) is 40.6 Å². The summed E-state index contributed by atoms with van der Waals surface area (Å²) in [5.41, 5.74) is 9.97. The van der Waals surface area contributed by atoms with Crippen LogP contribution >= 0.6 is 0 Å². The Bertz CT molecular complexity index is 537. The van der Waals surface area contributed by atoms with E-state index < -0.39 is 0 Å². The monoisotopic (exact) mass is 268 g/mol. The summed E-state index contributed by atoms with van der Waals surface area (Å²) in [4.78, 5) is 0. The normalized spacial score (nSPS) is 23.3. The van der Waals surface area contributed by atoms with Gasteiger partial charge in [0.15, 0.2) is 0 Å². The second-order valence-corrected chi connectivity index (χ2v) is 6.13. The van der Waals surface area contributed by atoms with Crippen LogP contribution < -0.4 is 5.43 Å². The second kappa shape index (κ2) is 5.82. The topological polar surface area (TPSA) is 24.4 Å². The molecule has 1 fully saturated rings. The zero-order valence-corrected chi connectivity index (χ0v) is 12.6. The third-order valence-electron chi connectivity index (χ3n) is 4.61. The Hall–Kier alpha value is -1.57. The van der Waals surface area contributed by atoms with E-state index in [1.807, 2.05) is 0 Å². The number of hydrazone groups is 1. The molecule has 1 aromatic carbocycles. The highest BCUT2D eigenvalue weighted by Crippen LogP contribution is 2.34. The van der Waals surface area contributed by atoms with Crippen molar-refractivity contribution in [3.63, 3.8) is 0 Å². The molecule has 1 aliphatic heterocycles. The Kier molecular flexibility index (Phi) is 3.90. The zero-order valence-electron chi connectivity index (χ0n) is 12.6. The van der Waals surface area contributed by atoms with E-state index in [4.69, 9.17) is 0 Å². The smallest absolute Gasteiger partial charge is 0.0751 e. The van der Waals surface area contributed by atoms with Gasteiger partial charge in [-0.2, -0.15) is 5.10 Å². The van der Waals surface area contributed by atoms with E-state index in [0.29, 0.717) is 5.92 Å². The Balaban J connectivity index is 1.93. The van der Waals surface area contributed by atoms with Crippen molar-refractivity contribution in [3.05, 3.63) is 46.7 Å². The molecule has 2 aliphatic rings. The minimum absolute atomic E-state index is 0.527. The first-order valence-corrected chi connectivity index (χ1v) is 7.86. The molecule has 2 nitrogen and oxygen atoms in total. The van der Waals surface area contributed by atoms with E-state index in [-0.39, 0.29) is 0 Å². The molecule has 2 heteroatoms. The summed E-state index contributed by atoms with van der Waals surface area (Å²) in [6.07, 6.45) is 7.88. The predicted octanol–water partition coefficient (Wildman–Crippen LogP) is 4.55. The molecule has 1 aromatic rings. The van der Waals surface area contributed by atoms with Gasteiger partial charge in [-0.05, 0) is 44.2 Å². The number of allylic oxidation sites excluding steroid dienone is 2. The van der Waals surface area contributed by atoms with Gasteiger partial charge in [0, 0.05) is 11.6 Å². The fraction of sp³-hybridized carbons (Fsp3) is 0.500. The molecule has 0 radical (unpaired) electrons. The van der Waals surface area contributed by atoms with Crippen molar-refractivity contribution in [2.75, 3.05) is 0 Å². The van der Waals surface area contributed by atoms with E-state index in [0.717, 1.165) is 0 Å². The lowest BCUT2D eigenvalue weighted by atomic mass is 9.79. The molecule has 1 heterocycles. The Labute approximate surface area is 122 Å². The van der Waals surface area contributed by atoms with Crippen LogP contribution in [0.5, 0.6) is 0 Å². The van der Waals surface area contributed by atoms with E-state index in [1.165, 1.54) is 61.1 Å². The molecule has 1 aliphatic carbocycles. The van der Waals surface area contributed by atoms with E-state index in [2.05, 4.69) is 48.6 Å². The van der Waals surface area contributed by atoms with Crippen LogP contribution in [-0.2, 0) is 0 Å². The van der Waals surface area contributed by atoms with E-state index in [9.17, 15) is 0 Å². The van der Waals surface area contributed by atoms with Crippen LogP contribution in [-0.4, -0.2) is 5.71 Å². The molecule has 1 saturated carbocycles.